The van der Waals surface area contributed by atoms with Gasteiger partial charge in [-0.2, -0.15) is 9.59 Å². The summed E-state index contributed by atoms with van der Waals surface area (Å²) < 4.78 is 0. The Morgan fingerprint density at radius 2 is 1.60 bits per heavy atom. The van der Waals surface area contributed by atoms with E-state index in [0.717, 1.165) is 56.2 Å². The smallest absolute Gasteiger partial charge is 0.368 e. The highest BCUT2D eigenvalue weighted by molar-refractivity contribution is 5.57. The third-order valence-electron chi connectivity index (χ3n) is 5.17. The van der Waals surface area contributed by atoms with Crippen molar-refractivity contribution in [1.82, 2.24) is 15.0 Å². The number of benzene rings is 1. The van der Waals surface area contributed by atoms with E-state index in [-0.39, 0.29) is 6.15 Å². The van der Waals surface area contributed by atoms with Crippen LogP contribution in [0.15, 0.2) is 48.8 Å². The molecular weight excluding hydrogens is 378 g/mol. The molecule has 0 aliphatic carbocycles. The largest absolute Gasteiger partial charge is 0.373 e. The van der Waals surface area contributed by atoms with Crippen molar-refractivity contribution in [2.45, 2.75) is 26.7 Å². The van der Waals surface area contributed by atoms with Gasteiger partial charge in [0.25, 0.3) is 0 Å². The molecule has 3 aromatic rings. The summed E-state index contributed by atoms with van der Waals surface area (Å²) in [7, 11) is 0. The Morgan fingerprint density at radius 3 is 2.20 bits per heavy atom. The van der Waals surface area contributed by atoms with Crippen molar-refractivity contribution < 1.29 is 9.59 Å². The summed E-state index contributed by atoms with van der Waals surface area (Å²) in [4.78, 5) is 33.6. The van der Waals surface area contributed by atoms with Gasteiger partial charge >= 0.3 is 6.15 Å². The van der Waals surface area contributed by atoms with Crippen LogP contribution in [0.4, 0.5) is 11.5 Å². The predicted octanol–water partition coefficient (Wildman–Crippen LogP) is 3.48. The van der Waals surface area contributed by atoms with E-state index in [1.165, 1.54) is 16.9 Å². The number of aromatic nitrogens is 3. The third-order valence-corrected chi connectivity index (χ3v) is 5.17. The lowest BCUT2D eigenvalue weighted by Gasteiger charge is -2.36. The third kappa shape index (κ3) is 5.33. The minimum absolute atomic E-state index is 0.250. The van der Waals surface area contributed by atoms with E-state index in [1.54, 1.807) is 0 Å². The van der Waals surface area contributed by atoms with Crippen molar-refractivity contribution in [1.29, 1.82) is 0 Å². The molecule has 3 heterocycles. The number of carbonyl (C=O) groups excluding carboxylic acids is 2. The van der Waals surface area contributed by atoms with Crippen LogP contribution in [-0.4, -0.2) is 47.3 Å². The summed E-state index contributed by atoms with van der Waals surface area (Å²) in [6.07, 6.45) is 6.25. The number of anilines is 2. The van der Waals surface area contributed by atoms with Crippen LogP contribution in [0.1, 0.15) is 24.6 Å². The fraction of sp³-hybridized carbons (Fsp3) is 0.348. The first kappa shape index (κ1) is 21.3. The van der Waals surface area contributed by atoms with Gasteiger partial charge in [0.2, 0.25) is 0 Å². The number of imidazole rings is 1. The first-order chi connectivity index (χ1) is 14.6. The minimum atomic E-state index is 0.250. The van der Waals surface area contributed by atoms with Gasteiger partial charge in [0.05, 0.1) is 0 Å². The van der Waals surface area contributed by atoms with Crippen LogP contribution in [0.3, 0.4) is 0 Å². The van der Waals surface area contributed by atoms with E-state index < -0.39 is 0 Å². The quantitative estimate of drug-likeness (QED) is 0.700. The van der Waals surface area contributed by atoms with Gasteiger partial charge in [-0.1, -0.05) is 31.0 Å². The van der Waals surface area contributed by atoms with Crippen molar-refractivity contribution in [3.8, 4) is 11.4 Å². The Labute approximate surface area is 176 Å². The maximum absolute atomic E-state index is 8.12. The maximum atomic E-state index is 8.12. The predicted molar refractivity (Wildman–Crippen MR) is 116 cm³/mol. The molecule has 0 saturated carbocycles. The zero-order chi connectivity index (χ0) is 21.3. The fourth-order valence-electron chi connectivity index (χ4n) is 3.56. The van der Waals surface area contributed by atoms with E-state index in [4.69, 9.17) is 14.6 Å². The number of H-pyrrole nitrogens is 1. The Morgan fingerprint density at radius 1 is 0.933 bits per heavy atom. The van der Waals surface area contributed by atoms with Crippen molar-refractivity contribution in [2.24, 2.45) is 0 Å². The number of rotatable bonds is 5. The number of piperazine rings is 1. The summed E-state index contributed by atoms with van der Waals surface area (Å²) in [6.45, 7) is 8.32. The van der Waals surface area contributed by atoms with E-state index in [9.17, 15) is 0 Å². The first-order valence-corrected chi connectivity index (χ1v) is 10.2. The van der Waals surface area contributed by atoms with Gasteiger partial charge in [-0.25, -0.2) is 9.97 Å². The molecule has 4 rings (SSSR count). The van der Waals surface area contributed by atoms with Gasteiger partial charge in [0, 0.05) is 55.5 Å². The second-order valence-corrected chi connectivity index (χ2v) is 7.31. The van der Waals surface area contributed by atoms with E-state index in [0.29, 0.717) is 0 Å². The fourth-order valence-corrected chi connectivity index (χ4v) is 3.56. The van der Waals surface area contributed by atoms with Gasteiger partial charge in [0.1, 0.15) is 11.6 Å². The Hall–Kier alpha value is -3.44. The van der Waals surface area contributed by atoms with Gasteiger partial charge in [0.15, 0.2) is 0 Å². The number of hydrogen-bond donors (Lipinski definition) is 1. The number of hydrogen-bond acceptors (Lipinski definition) is 6. The molecule has 1 aliphatic heterocycles. The molecule has 0 radical (unpaired) electrons. The van der Waals surface area contributed by atoms with E-state index in [2.05, 4.69) is 70.0 Å². The lowest BCUT2D eigenvalue weighted by molar-refractivity contribution is -0.191. The lowest BCUT2D eigenvalue weighted by Crippen LogP contribution is -2.46. The highest BCUT2D eigenvalue weighted by Crippen LogP contribution is 2.22. The van der Waals surface area contributed by atoms with Gasteiger partial charge in [-0.15, -0.1) is 0 Å². The summed E-state index contributed by atoms with van der Waals surface area (Å²) in [5.74, 6) is 1.95. The standard InChI is InChI=1S/C22H27N5.CO2/c1-3-4-19-16-24-22(25-19)18-7-10-21(23-15-18)27-13-11-26(12-14-27)20-8-5-17(2)6-9-20;2-1-3/h5-10,15-16H,3-4,11-14H2,1-2H3,(H,24,25);. The molecule has 1 aromatic carbocycles. The highest BCUT2D eigenvalue weighted by Gasteiger charge is 2.18. The van der Waals surface area contributed by atoms with Crippen molar-refractivity contribution in [3.63, 3.8) is 0 Å². The molecule has 1 aliphatic rings. The van der Waals surface area contributed by atoms with Gasteiger partial charge in [-0.05, 0) is 37.6 Å². The Balaban J connectivity index is 0.000000806. The molecule has 30 heavy (non-hydrogen) atoms. The summed E-state index contributed by atoms with van der Waals surface area (Å²) in [5.41, 5.74) is 4.84. The van der Waals surface area contributed by atoms with Crippen LogP contribution in [0.2, 0.25) is 0 Å². The number of pyridine rings is 1. The van der Waals surface area contributed by atoms with Crippen LogP contribution >= 0.6 is 0 Å². The molecule has 1 saturated heterocycles. The van der Waals surface area contributed by atoms with Crippen molar-refractivity contribution in [3.05, 3.63) is 60.0 Å². The molecule has 7 nitrogen and oxygen atoms in total. The molecule has 0 atom stereocenters. The normalized spacial score (nSPS) is 13.4. The number of aryl methyl sites for hydroxylation is 2. The molecule has 0 unspecified atom stereocenters. The SMILES string of the molecule is CCCc1cnc(-c2ccc(N3CCN(c4ccc(C)cc4)CC3)nc2)[nH]1.O=C=O. The number of nitrogens with one attached hydrogen (secondary N) is 1. The zero-order valence-corrected chi connectivity index (χ0v) is 17.5. The molecule has 0 amide bonds. The molecule has 0 spiro atoms. The zero-order valence-electron chi connectivity index (χ0n) is 17.5. The van der Waals surface area contributed by atoms with Crippen LogP contribution in [0, 0.1) is 6.92 Å². The van der Waals surface area contributed by atoms with Gasteiger partial charge in [-0.3, -0.25) is 0 Å². The summed E-state index contributed by atoms with van der Waals surface area (Å²) >= 11 is 0. The minimum Gasteiger partial charge on any atom is -0.368 e. The first-order valence-electron chi connectivity index (χ1n) is 10.2. The average Bonchev–Trinajstić information content (AvgIpc) is 3.24. The molecule has 0 bridgehead atoms. The number of nitrogens with zero attached hydrogens (tertiary/aromatic N) is 4. The summed E-state index contributed by atoms with van der Waals surface area (Å²) in [5, 5.41) is 0. The monoisotopic (exact) mass is 405 g/mol. The molecule has 1 N–H and O–H groups in total. The molecular formula is C23H27N5O2. The lowest BCUT2D eigenvalue weighted by atomic mass is 10.2. The number of aromatic amines is 1. The maximum Gasteiger partial charge on any atom is 0.373 e. The average molecular weight is 406 g/mol. The molecule has 7 heteroatoms. The van der Waals surface area contributed by atoms with E-state index >= 15 is 0 Å². The molecule has 1 fully saturated rings. The van der Waals surface area contributed by atoms with Crippen LogP contribution < -0.4 is 9.80 Å². The van der Waals surface area contributed by atoms with Gasteiger partial charge < -0.3 is 14.8 Å². The Kier molecular flexibility index (Phi) is 7.35. The molecule has 156 valence electrons. The van der Waals surface area contributed by atoms with Crippen LogP contribution in [-0.2, 0) is 16.0 Å². The molecule has 2 aromatic heterocycles. The van der Waals surface area contributed by atoms with Crippen molar-refractivity contribution in [2.75, 3.05) is 36.0 Å². The van der Waals surface area contributed by atoms with Crippen LogP contribution in [0.5, 0.6) is 0 Å². The van der Waals surface area contributed by atoms with Crippen molar-refractivity contribution >= 4 is 17.7 Å². The highest BCUT2D eigenvalue weighted by atomic mass is 16.2. The van der Waals surface area contributed by atoms with Crippen LogP contribution in [0.25, 0.3) is 11.4 Å². The second-order valence-electron chi connectivity index (χ2n) is 7.31. The Bertz CT molecular complexity index is 952. The second kappa shape index (κ2) is 10.4. The topological polar surface area (TPSA) is 82.2 Å². The van der Waals surface area contributed by atoms with E-state index in [1.807, 2.05) is 12.4 Å². The summed E-state index contributed by atoms with van der Waals surface area (Å²) in [6, 6.07) is 13.0.